The van der Waals surface area contributed by atoms with Gasteiger partial charge in [-0.2, -0.15) is 5.10 Å². The molecular weight excluding hydrogens is 374 g/mol. The summed E-state index contributed by atoms with van der Waals surface area (Å²) in [7, 11) is 2.11. The van der Waals surface area contributed by atoms with Crippen LogP contribution in [0, 0.1) is 0 Å². The molecular formula is C24H33N5O. The van der Waals surface area contributed by atoms with Gasteiger partial charge in [-0.1, -0.05) is 36.4 Å². The van der Waals surface area contributed by atoms with Gasteiger partial charge >= 0.3 is 0 Å². The summed E-state index contributed by atoms with van der Waals surface area (Å²) in [5, 5.41) is 8.47. The molecule has 6 heteroatoms. The molecule has 30 heavy (non-hydrogen) atoms. The smallest absolute Gasteiger partial charge is 0.274 e. The average molecular weight is 408 g/mol. The Kier molecular flexibility index (Phi) is 6.65. The van der Waals surface area contributed by atoms with Crippen LogP contribution in [0.3, 0.4) is 0 Å². The van der Waals surface area contributed by atoms with Crippen LogP contribution in [0.15, 0.2) is 43.0 Å². The Morgan fingerprint density at radius 2 is 2.00 bits per heavy atom. The van der Waals surface area contributed by atoms with Crippen molar-refractivity contribution >= 4 is 5.91 Å². The number of carbonyl (C=O) groups is 1. The van der Waals surface area contributed by atoms with Crippen LogP contribution in [0.1, 0.15) is 33.7 Å². The Labute approximate surface area is 179 Å². The summed E-state index contributed by atoms with van der Waals surface area (Å²) in [6.45, 7) is 8.87. The van der Waals surface area contributed by atoms with Gasteiger partial charge in [0.15, 0.2) is 5.69 Å². The number of rotatable bonds is 7. The number of nitrogens with one attached hydrogen (secondary N) is 1. The molecule has 1 aliphatic carbocycles. The predicted octanol–water partition coefficient (Wildman–Crippen LogP) is 2.15. The van der Waals surface area contributed by atoms with E-state index in [2.05, 4.69) is 54.2 Å². The highest BCUT2D eigenvalue weighted by Gasteiger charge is 2.31. The van der Waals surface area contributed by atoms with E-state index in [0.29, 0.717) is 18.3 Å². The number of amides is 1. The number of piperazine rings is 1. The summed E-state index contributed by atoms with van der Waals surface area (Å²) in [5.74, 6) is 0.0899. The Morgan fingerprint density at radius 3 is 2.73 bits per heavy atom. The van der Waals surface area contributed by atoms with Crippen LogP contribution in [0.25, 0.3) is 0 Å². The normalized spacial score (nSPS) is 19.5. The average Bonchev–Trinajstić information content (AvgIpc) is 3.13. The first-order valence-corrected chi connectivity index (χ1v) is 11.1. The van der Waals surface area contributed by atoms with Crippen LogP contribution < -0.4 is 5.32 Å². The molecule has 1 aromatic heterocycles. The molecule has 2 heterocycles. The van der Waals surface area contributed by atoms with Crippen molar-refractivity contribution in [2.75, 3.05) is 39.8 Å². The van der Waals surface area contributed by atoms with Crippen molar-refractivity contribution in [1.29, 1.82) is 0 Å². The molecule has 0 bridgehead atoms. The number of carbonyl (C=O) groups excluding carboxylic acids is 1. The van der Waals surface area contributed by atoms with E-state index in [4.69, 9.17) is 5.10 Å². The highest BCUT2D eigenvalue weighted by Crippen LogP contribution is 2.26. The third-order valence-corrected chi connectivity index (χ3v) is 6.33. The molecule has 0 saturated carbocycles. The Morgan fingerprint density at radius 1 is 1.23 bits per heavy atom. The SMILES string of the molecule is C=CCn1nc(C(=O)N2CCN(C)CC2)c2c1CCC(NCCc1ccccc1)C2. The van der Waals surface area contributed by atoms with Crippen LogP contribution in [0.2, 0.25) is 0 Å². The van der Waals surface area contributed by atoms with Gasteiger partial charge in [0.05, 0.1) is 6.54 Å². The first kappa shape index (κ1) is 20.8. The lowest BCUT2D eigenvalue weighted by Gasteiger charge is -2.32. The second-order valence-corrected chi connectivity index (χ2v) is 8.47. The maximum Gasteiger partial charge on any atom is 0.274 e. The molecule has 4 rings (SSSR count). The highest BCUT2D eigenvalue weighted by molar-refractivity contribution is 5.94. The van der Waals surface area contributed by atoms with Crippen molar-refractivity contribution in [2.45, 2.75) is 38.3 Å². The number of benzene rings is 1. The first-order chi connectivity index (χ1) is 14.7. The van der Waals surface area contributed by atoms with Crippen molar-refractivity contribution in [1.82, 2.24) is 24.9 Å². The summed E-state index contributed by atoms with van der Waals surface area (Å²) in [6.07, 6.45) is 5.78. The minimum Gasteiger partial charge on any atom is -0.335 e. The van der Waals surface area contributed by atoms with Gasteiger partial charge in [0, 0.05) is 43.5 Å². The maximum atomic E-state index is 13.3. The van der Waals surface area contributed by atoms with Gasteiger partial charge in [-0.3, -0.25) is 9.48 Å². The molecule has 1 atom stereocenters. The minimum absolute atomic E-state index is 0.0899. The number of nitrogens with zero attached hydrogens (tertiary/aromatic N) is 4. The molecule has 1 aliphatic heterocycles. The topological polar surface area (TPSA) is 53.4 Å². The zero-order valence-corrected chi connectivity index (χ0v) is 18.0. The zero-order valence-electron chi connectivity index (χ0n) is 18.0. The van der Waals surface area contributed by atoms with Crippen molar-refractivity contribution in [3.8, 4) is 0 Å². The number of hydrogen-bond acceptors (Lipinski definition) is 4. The van der Waals surface area contributed by atoms with Crippen LogP contribution >= 0.6 is 0 Å². The fraction of sp³-hybridized carbons (Fsp3) is 0.500. The van der Waals surface area contributed by atoms with Gasteiger partial charge in [-0.15, -0.1) is 6.58 Å². The molecule has 0 spiro atoms. The summed E-state index contributed by atoms with van der Waals surface area (Å²) in [4.78, 5) is 17.5. The quantitative estimate of drug-likeness (QED) is 0.715. The lowest BCUT2D eigenvalue weighted by atomic mass is 9.91. The molecule has 2 aliphatic rings. The van der Waals surface area contributed by atoms with Gasteiger partial charge in [-0.05, 0) is 44.8 Å². The monoisotopic (exact) mass is 407 g/mol. The minimum atomic E-state index is 0.0899. The fourth-order valence-corrected chi connectivity index (χ4v) is 4.53. The molecule has 1 amide bonds. The molecule has 1 unspecified atom stereocenters. The summed E-state index contributed by atoms with van der Waals surface area (Å²) >= 11 is 0. The summed E-state index contributed by atoms with van der Waals surface area (Å²) in [5.41, 5.74) is 4.37. The van der Waals surface area contributed by atoms with E-state index in [1.165, 1.54) is 11.3 Å². The lowest BCUT2D eigenvalue weighted by Crippen LogP contribution is -2.47. The fourth-order valence-electron chi connectivity index (χ4n) is 4.53. The molecule has 2 aromatic rings. The van der Waals surface area contributed by atoms with Gasteiger partial charge in [0.2, 0.25) is 0 Å². The van der Waals surface area contributed by atoms with E-state index in [0.717, 1.165) is 64.0 Å². The Balaban J connectivity index is 1.45. The van der Waals surface area contributed by atoms with E-state index >= 15 is 0 Å². The summed E-state index contributed by atoms with van der Waals surface area (Å²) < 4.78 is 1.99. The van der Waals surface area contributed by atoms with Crippen LogP contribution in [0.5, 0.6) is 0 Å². The van der Waals surface area contributed by atoms with Gasteiger partial charge in [0.1, 0.15) is 0 Å². The molecule has 6 nitrogen and oxygen atoms in total. The van der Waals surface area contributed by atoms with E-state index < -0.39 is 0 Å². The van der Waals surface area contributed by atoms with Crippen molar-refractivity contribution in [2.24, 2.45) is 0 Å². The van der Waals surface area contributed by atoms with E-state index in [1.54, 1.807) is 0 Å². The Bertz CT molecular complexity index is 867. The van der Waals surface area contributed by atoms with Gasteiger partial charge < -0.3 is 15.1 Å². The van der Waals surface area contributed by atoms with E-state index in [-0.39, 0.29) is 5.91 Å². The second-order valence-electron chi connectivity index (χ2n) is 8.47. The van der Waals surface area contributed by atoms with Crippen molar-refractivity contribution in [3.05, 3.63) is 65.5 Å². The first-order valence-electron chi connectivity index (χ1n) is 11.1. The second kappa shape index (κ2) is 9.58. The number of allylic oxidation sites excluding steroid dienone is 1. The van der Waals surface area contributed by atoms with Crippen LogP contribution in [0.4, 0.5) is 0 Å². The largest absolute Gasteiger partial charge is 0.335 e. The molecule has 1 saturated heterocycles. The van der Waals surface area contributed by atoms with E-state index in [9.17, 15) is 4.79 Å². The highest BCUT2D eigenvalue weighted by atomic mass is 16.2. The van der Waals surface area contributed by atoms with Gasteiger partial charge in [0.25, 0.3) is 5.91 Å². The summed E-state index contributed by atoms with van der Waals surface area (Å²) in [6, 6.07) is 11.0. The van der Waals surface area contributed by atoms with E-state index in [1.807, 2.05) is 15.7 Å². The third kappa shape index (κ3) is 4.65. The van der Waals surface area contributed by atoms with Gasteiger partial charge in [-0.25, -0.2) is 0 Å². The molecule has 1 aromatic carbocycles. The number of hydrogen-bond donors (Lipinski definition) is 1. The zero-order chi connectivity index (χ0) is 20.9. The molecule has 0 radical (unpaired) electrons. The van der Waals surface area contributed by atoms with Crippen molar-refractivity contribution in [3.63, 3.8) is 0 Å². The number of likely N-dealkylation sites (N-methyl/N-ethyl adjacent to an activating group) is 1. The standard InChI is InChI=1S/C24H33N5O/c1-3-13-29-22-10-9-20(25-12-11-19-7-5-4-6-8-19)18-21(22)23(26-29)24(30)28-16-14-27(2)15-17-28/h3-8,20,25H,1,9-18H2,2H3. The predicted molar refractivity (Wildman–Crippen MR) is 120 cm³/mol. The van der Waals surface area contributed by atoms with Crippen LogP contribution in [-0.2, 0) is 25.8 Å². The number of fused-ring (bicyclic) bond motifs is 1. The molecule has 160 valence electrons. The molecule has 1 fully saturated rings. The lowest BCUT2D eigenvalue weighted by molar-refractivity contribution is 0.0656. The molecule has 1 N–H and O–H groups in total. The third-order valence-electron chi connectivity index (χ3n) is 6.33. The Hall–Kier alpha value is -2.44. The number of aromatic nitrogens is 2. The van der Waals surface area contributed by atoms with Crippen molar-refractivity contribution < 1.29 is 4.79 Å². The van der Waals surface area contributed by atoms with Crippen LogP contribution in [-0.4, -0.2) is 71.3 Å². The maximum absolute atomic E-state index is 13.3.